The van der Waals surface area contributed by atoms with Crippen molar-refractivity contribution in [1.29, 1.82) is 0 Å². The first-order valence-corrected chi connectivity index (χ1v) is 10.1. The number of hydrogen-bond acceptors (Lipinski definition) is 4. The lowest BCUT2D eigenvalue weighted by atomic mass is 10.2. The zero-order chi connectivity index (χ0) is 20.4. The summed E-state index contributed by atoms with van der Waals surface area (Å²) < 4.78 is 17.1. The van der Waals surface area contributed by atoms with Crippen LogP contribution in [0.3, 0.4) is 0 Å². The van der Waals surface area contributed by atoms with Crippen molar-refractivity contribution in [3.05, 3.63) is 76.6 Å². The van der Waals surface area contributed by atoms with E-state index in [9.17, 15) is 4.79 Å². The Bertz CT molecular complexity index is 979. The summed E-state index contributed by atoms with van der Waals surface area (Å²) >= 11 is 6.05. The molecule has 2 aromatic heterocycles. The third kappa shape index (κ3) is 4.85. The molecule has 2 atom stereocenters. The average molecular weight is 414 g/mol. The Hall–Kier alpha value is -2.66. The number of ether oxygens (including phenoxy) is 1. The van der Waals surface area contributed by atoms with Crippen molar-refractivity contribution in [3.8, 4) is 5.75 Å². The van der Waals surface area contributed by atoms with Crippen molar-refractivity contribution in [2.75, 3.05) is 6.61 Å². The largest absolute Gasteiger partial charge is 0.484 e. The Labute approximate surface area is 175 Å². The second kappa shape index (κ2) is 8.37. The monoisotopic (exact) mass is 413 g/mol. The van der Waals surface area contributed by atoms with E-state index >= 15 is 0 Å². The van der Waals surface area contributed by atoms with Gasteiger partial charge in [0, 0.05) is 10.9 Å². The van der Waals surface area contributed by atoms with Gasteiger partial charge in [0.2, 0.25) is 0 Å². The average Bonchev–Trinajstić information content (AvgIpc) is 3.10. The number of rotatable bonds is 8. The summed E-state index contributed by atoms with van der Waals surface area (Å²) in [4.78, 5) is 14.6. The molecule has 1 saturated carbocycles. The third-order valence-electron chi connectivity index (χ3n) is 5.28. The van der Waals surface area contributed by atoms with Crippen molar-refractivity contribution in [3.63, 3.8) is 0 Å². The van der Waals surface area contributed by atoms with E-state index in [0.29, 0.717) is 41.5 Å². The normalized spacial score (nSPS) is 17.9. The van der Waals surface area contributed by atoms with Gasteiger partial charge in [-0.05, 0) is 67.3 Å². The molecular weight excluding hydrogens is 390 g/mol. The van der Waals surface area contributed by atoms with Crippen molar-refractivity contribution < 1.29 is 18.4 Å². The Balaban J connectivity index is 1.43. The molecule has 0 aliphatic heterocycles. The summed E-state index contributed by atoms with van der Waals surface area (Å²) in [5.74, 6) is 4.13. The maximum Gasteiger partial charge on any atom is 0.261 e. The maximum absolute atomic E-state index is 12.9. The van der Waals surface area contributed by atoms with Gasteiger partial charge in [-0.25, -0.2) is 0 Å². The van der Waals surface area contributed by atoms with E-state index in [1.54, 1.807) is 23.3 Å². The quantitative estimate of drug-likeness (QED) is 0.484. The van der Waals surface area contributed by atoms with E-state index < -0.39 is 0 Å². The smallest absolute Gasteiger partial charge is 0.261 e. The highest BCUT2D eigenvalue weighted by Gasteiger charge is 2.36. The molecule has 1 amide bonds. The zero-order valence-electron chi connectivity index (χ0n) is 16.6. The molecule has 4 rings (SSSR count). The molecule has 1 aliphatic carbocycles. The number of nitrogens with zero attached hydrogens (tertiary/aromatic N) is 1. The summed E-state index contributed by atoms with van der Waals surface area (Å²) in [6.45, 7) is 4.76. The van der Waals surface area contributed by atoms with Gasteiger partial charge in [-0.1, -0.05) is 18.5 Å². The van der Waals surface area contributed by atoms with Gasteiger partial charge in [-0.2, -0.15) is 0 Å². The molecule has 29 heavy (non-hydrogen) atoms. The SMILES string of the molecule is Cc1cc(OCC(=O)N(Cc2ccco2)Cc2ccc(C3CC3C)o2)ccc1Cl. The highest BCUT2D eigenvalue weighted by molar-refractivity contribution is 6.31. The fourth-order valence-electron chi connectivity index (χ4n) is 3.35. The van der Waals surface area contributed by atoms with Crippen LogP contribution in [0.2, 0.25) is 5.02 Å². The fraction of sp³-hybridized carbons (Fsp3) is 0.348. The molecule has 2 unspecified atom stereocenters. The minimum absolute atomic E-state index is 0.0744. The van der Waals surface area contributed by atoms with Crippen LogP contribution in [0.4, 0.5) is 0 Å². The number of carbonyl (C=O) groups is 1. The minimum Gasteiger partial charge on any atom is -0.484 e. The molecule has 0 spiro atoms. The van der Waals surface area contributed by atoms with Crippen LogP contribution < -0.4 is 4.74 Å². The summed E-state index contributed by atoms with van der Waals surface area (Å²) in [7, 11) is 0. The van der Waals surface area contributed by atoms with E-state index in [2.05, 4.69) is 6.92 Å². The predicted molar refractivity (Wildman–Crippen MR) is 110 cm³/mol. The first kappa shape index (κ1) is 19.6. The predicted octanol–water partition coefficient (Wildman–Crippen LogP) is 5.57. The van der Waals surface area contributed by atoms with Gasteiger partial charge in [-0.3, -0.25) is 4.79 Å². The van der Waals surface area contributed by atoms with Crippen LogP contribution in [0.25, 0.3) is 0 Å². The maximum atomic E-state index is 12.9. The molecule has 0 N–H and O–H groups in total. The van der Waals surface area contributed by atoms with Crippen LogP contribution >= 0.6 is 11.6 Å². The van der Waals surface area contributed by atoms with E-state index in [4.69, 9.17) is 25.2 Å². The van der Waals surface area contributed by atoms with Crippen molar-refractivity contribution >= 4 is 17.5 Å². The summed E-state index contributed by atoms with van der Waals surface area (Å²) in [5, 5.41) is 0.668. The first-order chi connectivity index (χ1) is 14.0. The Morgan fingerprint density at radius 1 is 1.21 bits per heavy atom. The lowest BCUT2D eigenvalue weighted by molar-refractivity contribution is -0.135. The second-order valence-electron chi connectivity index (χ2n) is 7.65. The number of furan rings is 2. The zero-order valence-corrected chi connectivity index (χ0v) is 17.3. The number of amides is 1. The van der Waals surface area contributed by atoms with Crippen molar-refractivity contribution in [2.45, 2.75) is 39.3 Å². The molecular formula is C23H24ClNO4. The van der Waals surface area contributed by atoms with Gasteiger partial charge in [-0.15, -0.1) is 0 Å². The number of halogens is 1. The van der Waals surface area contributed by atoms with Crippen LogP contribution in [-0.4, -0.2) is 17.4 Å². The van der Waals surface area contributed by atoms with Gasteiger partial charge in [0.1, 0.15) is 23.0 Å². The molecule has 0 radical (unpaired) electrons. The molecule has 5 nitrogen and oxygen atoms in total. The lowest BCUT2D eigenvalue weighted by Crippen LogP contribution is -2.33. The topological polar surface area (TPSA) is 55.8 Å². The van der Waals surface area contributed by atoms with Crippen molar-refractivity contribution in [2.24, 2.45) is 5.92 Å². The molecule has 152 valence electrons. The van der Waals surface area contributed by atoms with Crippen LogP contribution in [-0.2, 0) is 17.9 Å². The lowest BCUT2D eigenvalue weighted by Gasteiger charge is -2.21. The Morgan fingerprint density at radius 3 is 2.69 bits per heavy atom. The second-order valence-corrected chi connectivity index (χ2v) is 8.06. The molecule has 0 saturated heterocycles. The minimum atomic E-state index is -0.147. The van der Waals surface area contributed by atoms with E-state index in [0.717, 1.165) is 23.5 Å². The Kier molecular flexibility index (Phi) is 5.67. The van der Waals surface area contributed by atoms with Gasteiger partial charge < -0.3 is 18.5 Å². The molecule has 3 aromatic rings. The van der Waals surface area contributed by atoms with Gasteiger partial charge in [0.05, 0.1) is 19.4 Å². The third-order valence-corrected chi connectivity index (χ3v) is 5.70. The van der Waals surface area contributed by atoms with Gasteiger partial charge >= 0.3 is 0 Å². The molecule has 1 fully saturated rings. The summed E-state index contributed by atoms with van der Waals surface area (Å²) in [6.07, 6.45) is 2.76. The summed E-state index contributed by atoms with van der Waals surface area (Å²) in [6, 6.07) is 13.0. The Morgan fingerprint density at radius 2 is 2.00 bits per heavy atom. The fourth-order valence-corrected chi connectivity index (χ4v) is 3.47. The number of carbonyl (C=O) groups excluding carboxylic acids is 1. The number of aryl methyl sites for hydroxylation is 1. The standard InChI is InChI=1S/C23H24ClNO4/c1-15-11-20(15)22-8-6-19(29-22)13-25(12-18-4-3-9-27-18)23(26)14-28-17-5-7-21(24)16(2)10-17/h3-10,15,20H,11-14H2,1-2H3. The highest BCUT2D eigenvalue weighted by atomic mass is 35.5. The van der Waals surface area contributed by atoms with Crippen LogP contribution in [0.5, 0.6) is 5.75 Å². The molecule has 6 heteroatoms. The molecule has 0 bridgehead atoms. The van der Waals surface area contributed by atoms with E-state index in [-0.39, 0.29) is 12.5 Å². The number of hydrogen-bond donors (Lipinski definition) is 0. The van der Waals surface area contributed by atoms with Crippen LogP contribution in [0, 0.1) is 12.8 Å². The molecule has 1 aliphatic rings. The molecule has 1 aromatic carbocycles. The van der Waals surface area contributed by atoms with Crippen LogP contribution in [0.1, 0.15) is 42.1 Å². The summed E-state index contributed by atoms with van der Waals surface area (Å²) in [5.41, 5.74) is 0.904. The van der Waals surface area contributed by atoms with E-state index in [1.165, 1.54) is 0 Å². The highest BCUT2D eigenvalue weighted by Crippen LogP contribution is 2.47. The van der Waals surface area contributed by atoms with Crippen LogP contribution in [0.15, 0.2) is 57.6 Å². The van der Waals surface area contributed by atoms with Gasteiger partial charge in [0.25, 0.3) is 5.91 Å². The van der Waals surface area contributed by atoms with Gasteiger partial charge in [0.15, 0.2) is 6.61 Å². The molecule has 2 heterocycles. The number of benzene rings is 1. The van der Waals surface area contributed by atoms with Crippen molar-refractivity contribution in [1.82, 2.24) is 4.90 Å². The van der Waals surface area contributed by atoms with E-state index in [1.807, 2.05) is 37.3 Å². The first-order valence-electron chi connectivity index (χ1n) is 9.77.